The molecule has 0 amide bonds. The summed E-state index contributed by atoms with van der Waals surface area (Å²) in [5.41, 5.74) is 3.20. The van der Waals surface area contributed by atoms with Crippen molar-refractivity contribution in [3.63, 3.8) is 0 Å². The van der Waals surface area contributed by atoms with E-state index < -0.39 is 0 Å². The van der Waals surface area contributed by atoms with Gasteiger partial charge < -0.3 is 9.88 Å². The molecule has 4 heteroatoms. The molecule has 2 aromatic rings. The Kier molecular flexibility index (Phi) is 3.30. The Morgan fingerprint density at radius 1 is 1.37 bits per heavy atom. The van der Waals surface area contributed by atoms with Gasteiger partial charge in [0, 0.05) is 30.9 Å². The zero-order valence-corrected chi connectivity index (χ0v) is 10.7. The van der Waals surface area contributed by atoms with Gasteiger partial charge in [-0.15, -0.1) is 0 Å². The molecule has 0 saturated carbocycles. The molecular weight excluding hydrogens is 236 g/mol. The topological polar surface area (TPSA) is 53.6 Å². The van der Waals surface area contributed by atoms with Gasteiger partial charge in [-0.25, -0.2) is 4.98 Å². The number of hydrogen-bond donors (Lipinski definition) is 1. The second-order valence-electron chi connectivity index (χ2n) is 4.94. The van der Waals surface area contributed by atoms with E-state index >= 15 is 0 Å². The molecule has 1 aliphatic heterocycles. The van der Waals surface area contributed by atoms with E-state index in [2.05, 4.69) is 20.9 Å². The van der Waals surface area contributed by atoms with Crippen molar-refractivity contribution in [1.29, 1.82) is 5.26 Å². The van der Waals surface area contributed by atoms with Crippen LogP contribution in [0, 0.1) is 11.3 Å². The molecule has 0 spiro atoms. The lowest BCUT2D eigenvalue weighted by Crippen LogP contribution is -2.12. The SMILES string of the molecule is N#Cc1ccc(Cn2cncc2C2CCNC2)cc1. The van der Waals surface area contributed by atoms with E-state index in [0.717, 1.165) is 19.6 Å². The van der Waals surface area contributed by atoms with Crippen molar-refractivity contribution in [3.05, 3.63) is 53.6 Å². The number of aromatic nitrogens is 2. The second-order valence-corrected chi connectivity index (χ2v) is 4.94. The Hall–Kier alpha value is -2.12. The van der Waals surface area contributed by atoms with Crippen molar-refractivity contribution in [1.82, 2.24) is 14.9 Å². The Bertz CT molecular complexity index is 585. The Morgan fingerprint density at radius 2 is 2.21 bits per heavy atom. The van der Waals surface area contributed by atoms with Gasteiger partial charge in [0.05, 0.1) is 18.0 Å². The van der Waals surface area contributed by atoms with E-state index in [0.29, 0.717) is 11.5 Å². The molecule has 3 rings (SSSR count). The number of hydrogen-bond acceptors (Lipinski definition) is 3. The molecular formula is C15H16N4. The molecule has 1 aromatic heterocycles. The fourth-order valence-electron chi connectivity index (χ4n) is 2.59. The average Bonchev–Trinajstić information content (AvgIpc) is 3.10. The third kappa shape index (κ3) is 2.51. The van der Waals surface area contributed by atoms with Crippen LogP contribution in [0.15, 0.2) is 36.8 Å². The average molecular weight is 252 g/mol. The second kappa shape index (κ2) is 5.25. The van der Waals surface area contributed by atoms with Gasteiger partial charge in [0.1, 0.15) is 0 Å². The summed E-state index contributed by atoms with van der Waals surface area (Å²) in [6, 6.07) is 9.89. The lowest BCUT2D eigenvalue weighted by Gasteiger charge is -2.12. The van der Waals surface area contributed by atoms with Crippen LogP contribution in [0.1, 0.15) is 29.2 Å². The van der Waals surface area contributed by atoms with Crippen LogP contribution in [-0.4, -0.2) is 22.6 Å². The Balaban J connectivity index is 1.79. The molecule has 19 heavy (non-hydrogen) atoms. The molecule has 1 unspecified atom stereocenters. The van der Waals surface area contributed by atoms with Gasteiger partial charge in [-0.3, -0.25) is 0 Å². The first kappa shape index (κ1) is 11.9. The first-order chi connectivity index (χ1) is 9.36. The van der Waals surface area contributed by atoms with Crippen LogP contribution in [0.5, 0.6) is 0 Å². The van der Waals surface area contributed by atoms with Crippen molar-refractivity contribution in [2.24, 2.45) is 0 Å². The van der Waals surface area contributed by atoms with Gasteiger partial charge in [0.2, 0.25) is 0 Å². The van der Waals surface area contributed by atoms with Gasteiger partial charge in [0.15, 0.2) is 0 Å². The summed E-state index contributed by atoms with van der Waals surface area (Å²) < 4.78 is 2.21. The highest BCUT2D eigenvalue weighted by molar-refractivity contribution is 5.31. The third-order valence-electron chi connectivity index (χ3n) is 3.66. The van der Waals surface area contributed by atoms with Crippen LogP contribution in [0.2, 0.25) is 0 Å². The third-order valence-corrected chi connectivity index (χ3v) is 3.66. The minimum atomic E-state index is 0.570. The van der Waals surface area contributed by atoms with Crippen LogP contribution < -0.4 is 5.32 Å². The molecule has 96 valence electrons. The molecule has 1 saturated heterocycles. The van der Waals surface area contributed by atoms with Crippen LogP contribution >= 0.6 is 0 Å². The molecule has 1 aliphatic rings. The zero-order valence-electron chi connectivity index (χ0n) is 10.7. The lowest BCUT2D eigenvalue weighted by atomic mass is 10.1. The van der Waals surface area contributed by atoms with E-state index in [1.165, 1.54) is 17.7 Å². The van der Waals surface area contributed by atoms with Crippen LogP contribution in [0.25, 0.3) is 0 Å². The van der Waals surface area contributed by atoms with Gasteiger partial charge in [-0.2, -0.15) is 5.26 Å². The number of rotatable bonds is 3. The van der Waals surface area contributed by atoms with E-state index in [4.69, 9.17) is 5.26 Å². The standard InChI is InChI=1S/C15H16N4/c16-7-12-1-3-13(4-2-12)10-19-11-18-9-15(19)14-5-6-17-8-14/h1-4,9,11,14,17H,5-6,8,10H2. The molecule has 0 radical (unpaired) electrons. The first-order valence-corrected chi connectivity index (χ1v) is 6.56. The fourth-order valence-corrected chi connectivity index (χ4v) is 2.59. The van der Waals surface area contributed by atoms with Gasteiger partial charge in [-0.05, 0) is 30.7 Å². The Labute approximate surface area is 112 Å². The van der Waals surface area contributed by atoms with Crippen molar-refractivity contribution in [2.45, 2.75) is 18.9 Å². The van der Waals surface area contributed by atoms with E-state index in [1.54, 1.807) is 0 Å². The largest absolute Gasteiger partial charge is 0.330 e. The summed E-state index contributed by atoms with van der Waals surface area (Å²) >= 11 is 0. The molecule has 2 heterocycles. The first-order valence-electron chi connectivity index (χ1n) is 6.56. The van der Waals surface area contributed by atoms with E-state index in [1.807, 2.05) is 36.8 Å². The molecule has 1 fully saturated rings. The summed E-state index contributed by atoms with van der Waals surface area (Å²) in [7, 11) is 0. The van der Waals surface area contributed by atoms with Crippen molar-refractivity contribution in [2.75, 3.05) is 13.1 Å². The minimum absolute atomic E-state index is 0.570. The molecule has 0 aliphatic carbocycles. The van der Waals surface area contributed by atoms with Crippen molar-refractivity contribution in [3.8, 4) is 6.07 Å². The predicted octanol–water partition coefficient (Wildman–Crippen LogP) is 1.88. The van der Waals surface area contributed by atoms with Crippen LogP contribution in [0.4, 0.5) is 0 Å². The number of nitrogens with zero attached hydrogens (tertiary/aromatic N) is 3. The highest BCUT2D eigenvalue weighted by Gasteiger charge is 2.19. The predicted molar refractivity (Wildman–Crippen MR) is 72.7 cm³/mol. The normalized spacial score (nSPS) is 18.4. The monoisotopic (exact) mass is 252 g/mol. The molecule has 0 bridgehead atoms. The number of imidazole rings is 1. The number of nitrogens with one attached hydrogen (secondary N) is 1. The zero-order chi connectivity index (χ0) is 13.1. The van der Waals surface area contributed by atoms with E-state index in [-0.39, 0.29) is 0 Å². The Morgan fingerprint density at radius 3 is 2.89 bits per heavy atom. The molecule has 4 nitrogen and oxygen atoms in total. The lowest BCUT2D eigenvalue weighted by molar-refractivity contribution is 0.654. The van der Waals surface area contributed by atoms with Crippen LogP contribution in [0.3, 0.4) is 0 Å². The van der Waals surface area contributed by atoms with Crippen LogP contribution in [-0.2, 0) is 6.54 Å². The highest BCUT2D eigenvalue weighted by atomic mass is 15.1. The van der Waals surface area contributed by atoms with Gasteiger partial charge >= 0.3 is 0 Å². The van der Waals surface area contributed by atoms with E-state index in [9.17, 15) is 0 Å². The summed E-state index contributed by atoms with van der Waals surface area (Å²) in [6.45, 7) is 2.95. The number of benzene rings is 1. The smallest absolute Gasteiger partial charge is 0.0991 e. The van der Waals surface area contributed by atoms with Crippen molar-refractivity contribution >= 4 is 0 Å². The van der Waals surface area contributed by atoms with Crippen molar-refractivity contribution < 1.29 is 0 Å². The van der Waals surface area contributed by atoms with Gasteiger partial charge in [-0.1, -0.05) is 12.1 Å². The number of nitriles is 1. The maximum Gasteiger partial charge on any atom is 0.0991 e. The molecule has 1 aromatic carbocycles. The fraction of sp³-hybridized carbons (Fsp3) is 0.333. The summed E-state index contributed by atoms with van der Waals surface area (Å²) in [5.74, 6) is 0.570. The van der Waals surface area contributed by atoms with Gasteiger partial charge in [0.25, 0.3) is 0 Å². The highest BCUT2D eigenvalue weighted by Crippen LogP contribution is 2.22. The minimum Gasteiger partial charge on any atom is -0.330 e. The molecule has 1 N–H and O–H groups in total. The quantitative estimate of drug-likeness (QED) is 0.907. The summed E-state index contributed by atoms with van der Waals surface area (Å²) in [6.07, 6.45) is 5.05. The summed E-state index contributed by atoms with van der Waals surface area (Å²) in [5, 5.41) is 12.2. The summed E-state index contributed by atoms with van der Waals surface area (Å²) in [4.78, 5) is 4.28. The molecule has 1 atom stereocenters. The maximum atomic E-state index is 8.80. The maximum absolute atomic E-state index is 8.80.